The molecule has 0 spiro atoms. The van der Waals surface area contributed by atoms with E-state index in [1.54, 1.807) is 0 Å². The van der Waals surface area contributed by atoms with E-state index >= 15 is 0 Å². The molecule has 1 aromatic rings. The summed E-state index contributed by atoms with van der Waals surface area (Å²) in [4.78, 5) is 16.6. The van der Waals surface area contributed by atoms with Crippen molar-refractivity contribution >= 4 is 22.4 Å². The molecule has 3 rings (SSSR count). The zero-order chi connectivity index (χ0) is 14.2. The van der Waals surface area contributed by atoms with Crippen LogP contribution in [0.3, 0.4) is 0 Å². The summed E-state index contributed by atoms with van der Waals surface area (Å²) >= 11 is 1.50. The monoisotopic (exact) mass is 295 g/mol. The van der Waals surface area contributed by atoms with Crippen LogP contribution < -0.4 is 10.6 Å². The van der Waals surface area contributed by atoms with Crippen LogP contribution in [-0.2, 0) is 4.74 Å². The molecule has 1 saturated heterocycles. The smallest absolute Gasteiger partial charge is 0.271 e. The molecule has 20 heavy (non-hydrogen) atoms. The van der Waals surface area contributed by atoms with E-state index in [1.807, 2.05) is 5.38 Å². The number of aromatic nitrogens is 1. The fourth-order valence-corrected chi connectivity index (χ4v) is 3.23. The van der Waals surface area contributed by atoms with E-state index in [9.17, 15) is 4.79 Å². The number of nitrogens with one attached hydrogen (secondary N) is 2. The second-order valence-corrected chi connectivity index (χ2v) is 7.09. The molecule has 2 fully saturated rings. The number of amides is 1. The van der Waals surface area contributed by atoms with Crippen molar-refractivity contribution in [1.29, 1.82) is 0 Å². The maximum Gasteiger partial charge on any atom is 0.271 e. The van der Waals surface area contributed by atoms with E-state index in [-0.39, 0.29) is 17.6 Å². The summed E-state index contributed by atoms with van der Waals surface area (Å²) in [6, 6.07) is 0.737. The lowest BCUT2D eigenvalue weighted by Gasteiger charge is -2.35. The van der Waals surface area contributed by atoms with Crippen LogP contribution >= 0.6 is 11.3 Å². The first-order valence-corrected chi connectivity index (χ1v) is 8.07. The second kappa shape index (κ2) is 5.33. The average Bonchev–Trinajstić information content (AvgIpc) is 3.03. The Bertz CT molecular complexity index is 496. The van der Waals surface area contributed by atoms with Crippen LogP contribution in [0.25, 0.3) is 0 Å². The van der Waals surface area contributed by atoms with Gasteiger partial charge in [-0.1, -0.05) is 0 Å². The molecular formula is C14H21N3O2S. The molecule has 5 nitrogen and oxygen atoms in total. The Morgan fingerprint density at radius 1 is 1.40 bits per heavy atom. The minimum atomic E-state index is -0.156. The molecule has 1 aliphatic carbocycles. The Kier molecular flexibility index (Phi) is 3.69. The van der Waals surface area contributed by atoms with Crippen LogP contribution in [0, 0.1) is 0 Å². The van der Waals surface area contributed by atoms with Gasteiger partial charge >= 0.3 is 0 Å². The molecule has 6 heteroatoms. The van der Waals surface area contributed by atoms with E-state index in [2.05, 4.69) is 29.5 Å². The molecule has 1 aliphatic heterocycles. The number of hydrogen-bond donors (Lipinski definition) is 2. The van der Waals surface area contributed by atoms with Crippen LogP contribution in [0.15, 0.2) is 5.38 Å². The first kappa shape index (κ1) is 13.8. The third kappa shape index (κ3) is 3.49. The Balaban J connectivity index is 1.56. The molecule has 2 aliphatic rings. The van der Waals surface area contributed by atoms with E-state index in [1.165, 1.54) is 24.2 Å². The number of thiazole rings is 1. The van der Waals surface area contributed by atoms with Gasteiger partial charge in [0.1, 0.15) is 5.69 Å². The number of ether oxygens (including phenoxy) is 1. The van der Waals surface area contributed by atoms with Crippen molar-refractivity contribution in [2.24, 2.45) is 0 Å². The first-order chi connectivity index (χ1) is 9.52. The zero-order valence-corrected chi connectivity index (χ0v) is 12.8. The lowest BCUT2D eigenvalue weighted by Crippen LogP contribution is -2.45. The van der Waals surface area contributed by atoms with Gasteiger partial charge in [-0.2, -0.15) is 0 Å². The largest absolute Gasteiger partial charge is 0.375 e. The highest BCUT2D eigenvalue weighted by Gasteiger charge is 2.30. The van der Waals surface area contributed by atoms with Crippen LogP contribution in [0.2, 0.25) is 0 Å². The number of carbonyl (C=O) groups is 1. The molecule has 110 valence electrons. The number of carbonyl (C=O) groups excluding carboxylic acids is 1. The van der Waals surface area contributed by atoms with Crippen molar-refractivity contribution in [2.45, 2.75) is 57.2 Å². The van der Waals surface area contributed by atoms with E-state index in [0.29, 0.717) is 18.3 Å². The number of rotatable bonds is 4. The lowest BCUT2D eigenvalue weighted by atomic mass is 9.94. The summed E-state index contributed by atoms with van der Waals surface area (Å²) in [6.07, 6.45) is 4.12. The summed E-state index contributed by atoms with van der Waals surface area (Å²) < 4.78 is 5.66. The predicted molar refractivity (Wildman–Crippen MR) is 79.3 cm³/mol. The Hall–Kier alpha value is -1.14. The molecule has 1 amide bonds. The van der Waals surface area contributed by atoms with Gasteiger partial charge in [-0.3, -0.25) is 4.79 Å². The molecule has 0 bridgehead atoms. The quantitative estimate of drug-likeness (QED) is 0.895. The summed E-state index contributed by atoms with van der Waals surface area (Å²) in [7, 11) is 0. The SMILES string of the molecule is CC1(C)CC(NC(=O)c2csc(NC3CC3)n2)CCO1. The molecule has 0 radical (unpaired) electrons. The van der Waals surface area contributed by atoms with Crippen molar-refractivity contribution in [2.75, 3.05) is 11.9 Å². The molecule has 0 aromatic carbocycles. The van der Waals surface area contributed by atoms with Crippen molar-refractivity contribution in [3.05, 3.63) is 11.1 Å². The molecule has 2 heterocycles. The highest BCUT2D eigenvalue weighted by atomic mass is 32.1. The zero-order valence-electron chi connectivity index (χ0n) is 11.9. The standard InChI is InChI=1S/C14H21N3O2S/c1-14(2)7-10(5-6-19-14)15-12(18)11-8-20-13(17-11)16-9-3-4-9/h8-10H,3-7H2,1-2H3,(H,15,18)(H,16,17). The van der Waals surface area contributed by atoms with Gasteiger partial charge in [0.2, 0.25) is 0 Å². The molecule has 1 saturated carbocycles. The van der Waals surface area contributed by atoms with Gasteiger partial charge in [0.05, 0.1) is 5.60 Å². The number of hydrogen-bond acceptors (Lipinski definition) is 5. The molecular weight excluding hydrogens is 274 g/mol. The molecule has 1 atom stereocenters. The Morgan fingerprint density at radius 2 is 2.20 bits per heavy atom. The third-order valence-electron chi connectivity index (χ3n) is 3.67. The van der Waals surface area contributed by atoms with Crippen LogP contribution in [0.5, 0.6) is 0 Å². The van der Waals surface area contributed by atoms with Crippen molar-refractivity contribution in [1.82, 2.24) is 10.3 Å². The van der Waals surface area contributed by atoms with Crippen molar-refractivity contribution < 1.29 is 9.53 Å². The van der Waals surface area contributed by atoms with E-state index < -0.39 is 0 Å². The van der Waals surface area contributed by atoms with Crippen molar-refractivity contribution in [3.63, 3.8) is 0 Å². The molecule has 1 aromatic heterocycles. The van der Waals surface area contributed by atoms with E-state index in [0.717, 1.165) is 18.0 Å². The van der Waals surface area contributed by atoms with Gasteiger partial charge in [0.15, 0.2) is 5.13 Å². The number of nitrogens with zero attached hydrogens (tertiary/aromatic N) is 1. The fraction of sp³-hybridized carbons (Fsp3) is 0.714. The summed E-state index contributed by atoms with van der Waals surface area (Å²) in [5, 5.41) is 9.06. The van der Waals surface area contributed by atoms with Crippen molar-refractivity contribution in [3.8, 4) is 0 Å². The Labute approximate surface area is 123 Å². The van der Waals surface area contributed by atoms with Gasteiger partial charge in [-0.25, -0.2) is 4.98 Å². The fourth-order valence-electron chi connectivity index (χ4n) is 2.46. The maximum atomic E-state index is 12.2. The second-order valence-electron chi connectivity index (χ2n) is 6.23. The topological polar surface area (TPSA) is 63.2 Å². The highest BCUT2D eigenvalue weighted by Crippen LogP contribution is 2.27. The molecule has 2 N–H and O–H groups in total. The third-order valence-corrected chi connectivity index (χ3v) is 4.45. The molecule has 1 unspecified atom stereocenters. The van der Waals surface area contributed by atoms with Gasteiger partial charge in [-0.15, -0.1) is 11.3 Å². The van der Waals surface area contributed by atoms with Crippen LogP contribution in [-0.4, -0.2) is 35.2 Å². The highest BCUT2D eigenvalue weighted by molar-refractivity contribution is 7.13. The Morgan fingerprint density at radius 3 is 2.90 bits per heavy atom. The average molecular weight is 295 g/mol. The van der Waals surface area contributed by atoms with Gasteiger partial charge < -0.3 is 15.4 Å². The van der Waals surface area contributed by atoms with Gasteiger partial charge in [0.25, 0.3) is 5.91 Å². The summed E-state index contributed by atoms with van der Waals surface area (Å²) in [5.41, 5.74) is 0.360. The van der Waals surface area contributed by atoms with Crippen LogP contribution in [0.4, 0.5) is 5.13 Å². The normalized spacial score (nSPS) is 25.2. The predicted octanol–water partition coefficient (Wildman–Crippen LogP) is 2.40. The first-order valence-electron chi connectivity index (χ1n) is 7.19. The summed E-state index contributed by atoms with van der Waals surface area (Å²) in [5.74, 6) is -0.0761. The van der Waals surface area contributed by atoms with Gasteiger partial charge in [0, 0.05) is 24.1 Å². The minimum Gasteiger partial charge on any atom is -0.375 e. The number of anilines is 1. The van der Waals surface area contributed by atoms with Crippen LogP contribution in [0.1, 0.15) is 50.0 Å². The minimum absolute atomic E-state index is 0.0761. The lowest BCUT2D eigenvalue weighted by molar-refractivity contribution is -0.0615. The van der Waals surface area contributed by atoms with E-state index in [4.69, 9.17) is 4.74 Å². The summed E-state index contributed by atoms with van der Waals surface area (Å²) in [6.45, 7) is 4.82. The maximum absolute atomic E-state index is 12.2. The van der Waals surface area contributed by atoms with Gasteiger partial charge in [-0.05, 0) is 39.5 Å².